The molecule has 2 aliphatic rings. The molecule has 5 nitrogen and oxygen atoms in total. The van der Waals surface area contributed by atoms with Crippen LogP contribution in [0, 0.1) is 5.41 Å². The lowest BCUT2D eigenvalue weighted by Gasteiger charge is -2.51. The number of carboxylic acids is 1. The minimum absolute atomic E-state index is 0.0464. The predicted octanol–water partition coefficient (Wildman–Crippen LogP) is 2.41. The summed E-state index contributed by atoms with van der Waals surface area (Å²) in [7, 11) is 1.96. The highest BCUT2D eigenvalue weighted by molar-refractivity contribution is 7.17. The van der Waals surface area contributed by atoms with Gasteiger partial charge in [0.25, 0.3) is 5.91 Å². The number of piperidine rings is 2. The molecule has 0 radical (unpaired) electrons. The van der Waals surface area contributed by atoms with Crippen LogP contribution in [0.15, 0.2) is 12.1 Å². The fourth-order valence-electron chi connectivity index (χ4n) is 3.75. The van der Waals surface area contributed by atoms with Gasteiger partial charge in [-0.3, -0.25) is 9.59 Å². The lowest BCUT2D eigenvalue weighted by atomic mass is 9.68. The summed E-state index contributed by atoms with van der Waals surface area (Å²) in [6.45, 7) is 1.84. The average molecular weight is 343 g/mol. The molecule has 3 heterocycles. The van der Waals surface area contributed by atoms with Crippen molar-refractivity contribution in [2.45, 2.75) is 25.3 Å². The number of carboxylic acid groups (broad SMARTS) is 1. The molecular weight excluding hydrogens is 324 g/mol. The summed E-state index contributed by atoms with van der Waals surface area (Å²) in [4.78, 5) is 28.9. The number of fused-ring (bicyclic) bond motifs is 1. The molecule has 7 heteroatoms. The molecule has 0 spiro atoms. The highest BCUT2D eigenvalue weighted by Crippen LogP contribution is 2.42. The van der Waals surface area contributed by atoms with Crippen molar-refractivity contribution < 1.29 is 14.7 Å². The Morgan fingerprint density at radius 2 is 2.14 bits per heavy atom. The number of hydrogen-bond donors (Lipinski definition) is 1. The molecule has 2 aliphatic heterocycles. The Morgan fingerprint density at radius 1 is 1.36 bits per heavy atom. The van der Waals surface area contributed by atoms with Gasteiger partial charge in [0, 0.05) is 19.1 Å². The van der Waals surface area contributed by atoms with Gasteiger partial charge in [0.2, 0.25) is 0 Å². The van der Waals surface area contributed by atoms with Crippen LogP contribution in [0.1, 0.15) is 28.9 Å². The Hall–Kier alpha value is -1.11. The Labute approximate surface area is 138 Å². The summed E-state index contributed by atoms with van der Waals surface area (Å²) >= 11 is 7.17. The molecule has 0 bridgehead atoms. The van der Waals surface area contributed by atoms with Crippen LogP contribution in [0.4, 0.5) is 0 Å². The number of nitrogens with zero attached hydrogens (tertiary/aromatic N) is 2. The van der Waals surface area contributed by atoms with Crippen molar-refractivity contribution in [1.82, 2.24) is 9.80 Å². The summed E-state index contributed by atoms with van der Waals surface area (Å²) in [5.74, 6) is -0.773. The lowest BCUT2D eigenvalue weighted by Crippen LogP contribution is -2.63. The SMILES string of the molecule is CN1CCC[C@]2(C(=O)O)CCN(C(=O)c3ccc(Cl)s3)C[C@@H]12. The minimum Gasteiger partial charge on any atom is -0.481 e. The van der Waals surface area contributed by atoms with Gasteiger partial charge in [-0.2, -0.15) is 0 Å². The third-order valence-electron chi connectivity index (χ3n) is 5.02. The van der Waals surface area contributed by atoms with Crippen LogP contribution >= 0.6 is 22.9 Å². The maximum atomic E-state index is 12.6. The monoisotopic (exact) mass is 342 g/mol. The number of hydrogen-bond acceptors (Lipinski definition) is 4. The van der Waals surface area contributed by atoms with E-state index in [2.05, 4.69) is 4.90 Å². The van der Waals surface area contributed by atoms with Crippen molar-refractivity contribution in [3.05, 3.63) is 21.3 Å². The van der Waals surface area contributed by atoms with E-state index in [1.165, 1.54) is 11.3 Å². The average Bonchev–Trinajstić information content (AvgIpc) is 2.93. The van der Waals surface area contributed by atoms with E-state index in [1.807, 2.05) is 7.05 Å². The summed E-state index contributed by atoms with van der Waals surface area (Å²) in [5.41, 5.74) is -0.711. The summed E-state index contributed by atoms with van der Waals surface area (Å²) in [5, 5.41) is 9.74. The van der Waals surface area contributed by atoms with Crippen molar-refractivity contribution in [2.75, 3.05) is 26.7 Å². The maximum absolute atomic E-state index is 12.6. The number of likely N-dealkylation sites (N-methyl/N-ethyl adjacent to an activating group) is 1. The maximum Gasteiger partial charge on any atom is 0.311 e. The number of carbonyl (C=O) groups is 2. The number of likely N-dealkylation sites (tertiary alicyclic amines) is 2. The molecule has 0 saturated carbocycles. The van der Waals surface area contributed by atoms with Gasteiger partial charge in [-0.15, -0.1) is 11.3 Å². The minimum atomic E-state index is -0.727. The van der Waals surface area contributed by atoms with Gasteiger partial charge >= 0.3 is 5.97 Å². The molecule has 22 heavy (non-hydrogen) atoms. The number of rotatable bonds is 2. The predicted molar refractivity (Wildman–Crippen MR) is 85.6 cm³/mol. The van der Waals surface area contributed by atoms with Gasteiger partial charge in [-0.25, -0.2) is 0 Å². The molecule has 1 aromatic rings. The van der Waals surface area contributed by atoms with E-state index in [1.54, 1.807) is 17.0 Å². The van der Waals surface area contributed by atoms with Crippen LogP contribution in [0.5, 0.6) is 0 Å². The van der Waals surface area contributed by atoms with E-state index in [0.29, 0.717) is 35.1 Å². The Kier molecular flexibility index (Phi) is 4.18. The molecule has 1 amide bonds. The quantitative estimate of drug-likeness (QED) is 0.896. The van der Waals surface area contributed by atoms with Crippen LogP contribution in [0.3, 0.4) is 0 Å². The second kappa shape index (κ2) is 5.83. The molecule has 0 aromatic carbocycles. The molecule has 1 aromatic heterocycles. The van der Waals surface area contributed by atoms with Crippen LogP contribution in [0.25, 0.3) is 0 Å². The first kappa shape index (κ1) is 15.8. The molecule has 0 unspecified atom stereocenters. The van der Waals surface area contributed by atoms with E-state index in [9.17, 15) is 14.7 Å². The molecule has 2 saturated heterocycles. The van der Waals surface area contributed by atoms with E-state index < -0.39 is 11.4 Å². The van der Waals surface area contributed by atoms with Crippen molar-refractivity contribution >= 4 is 34.8 Å². The van der Waals surface area contributed by atoms with Gasteiger partial charge in [0.1, 0.15) is 0 Å². The van der Waals surface area contributed by atoms with Crippen molar-refractivity contribution in [3.8, 4) is 0 Å². The molecule has 3 rings (SSSR count). The second-order valence-corrected chi connectivity index (χ2v) is 7.88. The zero-order valence-corrected chi connectivity index (χ0v) is 14.0. The van der Waals surface area contributed by atoms with Crippen LogP contribution in [-0.4, -0.2) is 59.5 Å². The van der Waals surface area contributed by atoms with E-state index in [4.69, 9.17) is 11.6 Å². The second-order valence-electron chi connectivity index (χ2n) is 6.17. The molecule has 1 N–H and O–H groups in total. The van der Waals surface area contributed by atoms with Gasteiger partial charge in [-0.05, 0) is 45.0 Å². The fourth-order valence-corrected chi connectivity index (χ4v) is 4.77. The first-order chi connectivity index (χ1) is 10.4. The largest absolute Gasteiger partial charge is 0.481 e. The van der Waals surface area contributed by atoms with E-state index in [-0.39, 0.29) is 11.9 Å². The van der Waals surface area contributed by atoms with Crippen molar-refractivity contribution in [1.29, 1.82) is 0 Å². The normalized spacial score (nSPS) is 29.2. The summed E-state index contributed by atoms with van der Waals surface area (Å²) < 4.78 is 0.593. The third kappa shape index (κ3) is 2.53. The van der Waals surface area contributed by atoms with Gasteiger partial charge < -0.3 is 14.9 Å². The molecule has 2 fully saturated rings. The summed E-state index contributed by atoms with van der Waals surface area (Å²) in [6.07, 6.45) is 2.11. The van der Waals surface area contributed by atoms with Gasteiger partial charge in [-0.1, -0.05) is 11.6 Å². The molecule has 0 aliphatic carbocycles. The lowest BCUT2D eigenvalue weighted by molar-refractivity contribution is -0.161. The Balaban J connectivity index is 1.82. The topological polar surface area (TPSA) is 60.9 Å². The van der Waals surface area contributed by atoms with Gasteiger partial charge in [0.15, 0.2) is 0 Å². The molecule has 120 valence electrons. The highest BCUT2D eigenvalue weighted by Gasteiger charge is 2.52. The molecule has 2 atom stereocenters. The first-order valence-corrected chi connectivity index (χ1v) is 8.62. The number of amides is 1. The zero-order chi connectivity index (χ0) is 15.9. The number of halogens is 1. The molecular formula is C15H19ClN2O3S. The first-order valence-electron chi connectivity index (χ1n) is 7.42. The highest BCUT2D eigenvalue weighted by atomic mass is 35.5. The van der Waals surface area contributed by atoms with E-state index in [0.717, 1.165) is 13.0 Å². The number of carbonyl (C=O) groups excluding carboxylic acids is 1. The summed E-state index contributed by atoms with van der Waals surface area (Å²) in [6, 6.07) is 3.34. The van der Waals surface area contributed by atoms with Crippen LogP contribution < -0.4 is 0 Å². The fraction of sp³-hybridized carbons (Fsp3) is 0.600. The van der Waals surface area contributed by atoms with Crippen molar-refractivity contribution in [2.24, 2.45) is 5.41 Å². The van der Waals surface area contributed by atoms with E-state index >= 15 is 0 Å². The number of thiophene rings is 1. The smallest absolute Gasteiger partial charge is 0.311 e. The third-order valence-corrected chi connectivity index (χ3v) is 6.24. The Bertz CT molecular complexity index is 605. The van der Waals surface area contributed by atoms with Gasteiger partial charge in [0.05, 0.1) is 14.6 Å². The number of aliphatic carboxylic acids is 1. The van der Waals surface area contributed by atoms with Crippen LogP contribution in [-0.2, 0) is 4.79 Å². The Morgan fingerprint density at radius 3 is 2.77 bits per heavy atom. The zero-order valence-electron chi connectivity index (χ0n) is 12.4. The van der Waals surface area contributed by atoms with Crippen LogP contribution in [0.2, 0.25) is 4.34 Å². The standard InChI is InChI=1S/C15H19ClN2O3S/c1-17-7-2-5-15(14(20)21)6-8-18(9-11(15)17)13(19)10-3-4-12(16)22-10/h3-4,11H,2,5-9H2,1H3,(H,20,21)/t11-,15+/m1/s1. The van der Waals surface area contributed by atoms with Crippen molar-refractivity contribution in [3.63, 3.8) is 0 Å².